The number of benzene rings is 3. The summed E-state index contributed by atoms with van der Waals surface area (Å²) in [7, 11) is -3.75. The summed E-state index contributed by atoms with van der Waals surface area (Å²) in [4.78, 5) is 2.53. The zero-order chi connectivity index (χ0) is 23.6. The second-order valence-corrected chi connectivity index (χ2v) is 11.0. The Kier molecular flexibility index (Phi) is 6.13. The minimum atomic E-state index is -3.75. The highest BCUT2D eigenvalue weighted by Gasteiger charge is 2.17. The molecule has 5 nitrogen and oxygen atoms in total. The van der Waals surface area contributed by atoms with E-state index in [1.54, 1.807) is 18.3 Å². The molecule has 4 aromatic rings. The largest absolute Gasteiger partial charge is 0.342 e. The third-order valence-corrected chi connectivity index (χ3v) is 6.90. The molecule has 1 N–H and O–H groups in total. The van der Waals surface area contributed by atoms with Crippen molar-refractivity contribution >= 4 is 27.1 Å². The average Bonchev–Trinajstić information content (AvgIpc) is 3.11. The molecule has 0 aliphatic carbocycles. The molecule has 0 spiro atoms. The molecule has 3 aromatic carbocycles. The molecule has 170 valence electrons. The smallest absolute Gasteiger partial charge is 0.276 e. The third kappa shape index (κ3) is 5.17. The first-order valence-corrected chi connectivity index (χ1v) is 12.4. The summed E-state index contributed by atoms with van der Waals surface area (Å²) < 4.78 is 27.5. The number of sulfonamides is 1. The molecule has 0 radical (unpaired) electrons. The number of hydrogen-bond acceptors (Lipinski definition) is 3. The summed E-state index contributed by atoms with van der Waals surface area (Å²) in [5.41, 5.74) is 5.38. The normalized spacial score (nSPS) is 12.5. The maximum absolute atomic E-state index is 12.7. The van der Waals surface area contributed by atoms with Gasteiger partial charge in [-0.2, -0.15) is 13.5 Å². The number of rotatable bonds is 6. The van der Waals surface area contributed by atoms with Crippen molar-refractivity contribution in [2.75, 3.05) is 0 Å². The maximum Gasteiger partial charge on any atom is 0.276 e. The van der Waals surface area contributed by atoms with E-state index in [4.69, 9.17) is 0 Å². The van der Waals surface area contributed by atoms with Crippen LogP contribution in [0.3, 0.4) is 0 Å². The van der Waals surface area contributed by atoms with E-state index < -0.39 is 10.0 Å². The van der Waals surface area contributed by atoms with E-state index in [2.05, 4.69) is 72.5 Å². The molecule has 4 rings (SSSR count). The number of fused-ring (bicyclic) bond motifs is 1. The van der Waals surface area contributed by atoms with Crippen molar-refractivity contribution in [3.8, 4) is 0 Å². The molecule has 0 bridgehead atoms. The Morgan fingerprint density at radius 1 is 0.970 bits per heavy atom. The minimum Gasteiger partial charge on any atom is -0.342 e. The van der Waals surface area contributed by atoms with Gasteiger partial charge in [0.1, 0.15) is 0 Å². The molecule has 0 saturated heterocycles. The van der Waals surface area contributed by atoms with Gasteiger partial charge in [-0.3, -0.25) is 0 Å². The minimum absolute atomic E-state index is 0.0411. The van der Waals surface area contributed by atoms with Gasteiger partial charge in [0.2, 0.25) is 0 Å². The van der Waals surface area contributed by atoms with E-state index in [9.17, 15) is 8.42 Å². The van der Waals surface area contributed by atoms with Crippen molar-refractivity contribution in [1.29, 1.82) is 0 Å². The molecule has 1 heterocycles. The maximum atomic E-state index is 12.7. The first-order chi connectivity index (χ1) is 15.6. The molecular weight excluding hydrogens is 430 g/mol. The van der Waals surface area contributed by atoms with Crippen LogP contribution in [0, 0.1) is 6.92 Å². The lowest BCUT2D eigenvalue weighted by molar-refractivity contribution is 0.580. The number of nitrogens with one attached hydrogen (secondary N) is 1. The molecule has 0 aliphatic rings. The van der Waals surface area contributed by atoms with Crippen LogP contribution in [0.1, 0.15) is 43.0 Å². The quantitative estimate of drug-likeness (QED) is 0.301. The van der Waals surface area contributed by atoms with Gasteiger partial charge in [0.15, 0.2) is 0 Å². The fourth-order valence-electron chi connectivity index (χ4n) is 3.87. The average molecular weight is 460 g/mol. The summed E-state index contributed by atoms with van der Waals surface area (Å²) in [6, 6.07) is 23.4. The molecule has 33 heavy (non-hydrogen) atoms. The van der Waals surface area contributed by atoms with Crippen molar-refractivity contribution in [2.24, 2.45) is 5.10 Å². The predicted octanol–water partition coefficient (Wildman–Crippen LogP) is 5.61. The zero-order valence-electron chi connectivity index (χ0n) is 19.4. The van der Waals surface area contributed by atoms with E-state index in [0.717, 1.165) is 28.6 Å². The number of aryl methyl sites for hydroxylation is 1. The number of nitrogens with zero attached hydrogens (tertiary/aromatic N) is 2. The molecule has 0 unspecified atom stereocenters. The van der Waals surface area contributed by atoms with Crippen molar-refractivity contribution in [1.82, 2.24) is 9.40 Å². The van der Waals surface area contributed by atoms with Crippen molar-refractivity contribution in [3.05, 3.63) is 101 Å². The van der Waals surface area contributed by atoms with Crippen LogP contribution in [-0.4, -0.2) is 19.2 Å². The highest BCUT2D eigenvalue weighted by molar-refractivity contribution is 7.89. The molecular formula is C27H29N3O2S. The van der Waals surface area contributed by atoms with Crippen LogP contribution in [0.15, 0.2) is 89.0 Å². The van der Waals surface area contributed by atoms with Gasteiger partial charge in [-0.15, -0.1) is 0 Å². The van der Waals surface area contributed by atoms with E-state index in [0.29, 0.717) is 0 Å². The Balaban J connectivity index is 1.57. The Labute approximate surface area is 195 Å². The molecule has 0 aliphatic heterocycles. The van der Waals surface area contributed by atoms with Gasteiger partial charge in [0.25, 0.3) is 10.0 Å². The standard InChI is InChI=1S/C27H29N3O2S/c1-20-8-7-9-21(16-20)18-30-19-22(25-10-5-6-11-26(25)30)17-28-29-33(31,32)24-14-12-23(13-15-24)27(2,3)4/h5-17,19,29H,18H2,1-4H3. The lowest BCUT2D eigenvalue weighted by atomic mass is 9.87. The Morgan fingerprint density at radius 3 is 2.39 bits per heavy atom. The number of hydrazone groups is 1. The first-order valence-electron chi connectivity index (χ1n) is 10.9. The molecule has 1 aromatic heterocycles. The van der Waals surface area contributed by atoms with Crippen LogP contribution < -0.4 is 4.83 Å². The van der Waals surface area contributed by atoms with Gasteiger partial charge in [0.05, 0.1) is 11.1 Å². The summed E-state index contributed by atoms with van der Waals surface area (Å²) in [5.74, 6) is 0. The van der Waals surface area contributed by atoms with Gasteiger partial charge < -0.3 is 4.57 Å². The lowest BCUT2D eigenvalue weighted by Crippen LogP contribution is -2.19. The summed E-state index contributed by atoms with van der Waals surface area (Å²) in [5, 5.41) is 5.09. The number of hydrogen-bond donors (Lipinski definition) is 1. The van der Waals surface area contributed by atoms with Gasteiger partial charge in [-0.25, -0.2) is 4.83 Å². The van der Waals surface area contributed by atoms with Crippen LogP contribution in [0.4, 0.5) is 0 Å². The van der Waals surface area contributed by atoms with Crippen LogP contribution in [0.25, 0.3) is 10.9 Å². The summed E-state index contributed by atoms with van der Waals surface area (Å²) in [6.07, 6.45) is 3.57. The monoisotopic (exact) mass is 459 g/mol. The zero-order valence-corrected chi connectivity index (χ0v) is 20.2. The third-order valence-electron chi connectivity index (χ3n) is 5.66. The fraction of sp³-hybridized carbons (Fsp3) is 0.222. The highest BCUT2D eigenvalue weighted by Crippen LogP contribution is 2.24. The van der Waals surface area contributed by atoms with Gasteiger partial charge >= 0.3 is 0 Å². The Hall–Kier alpha value is -3.38. The molecule has 0 amide bonds. The van der Waals surface area contributed by atoms with Gasteiger partial charge in [-0.05, 0) is 41.7 Å². The van der Waals surface area contributed by atoms with Crippen LogP contribution in [0.2, 0.25) is 0 Å². The van der Waals surface area contributed by atoms with E-state index in [1.807, 2.05) is 36.5 Å². The number of para-hydroxylation sites is 1. The SMILES string of the molecule is Cc1cccc(Cn2cc(C=NNS(=O)(=O)c3ccc(C(C)(C)C)cc3)c3ccccc32)c1. The predicted molar refractivity (Wildman–Crippen MR) is 135 cm³/mol. The fourth-order valence-corrected chi connectivity index (χ4v) is 4.66. The summed E-state index contributed by atoms with van der Waals surface area (Å²) in [6.45, 7) is 9.08. The van der Waals surface area contributed by atoms with Crippen molar-refractivity contribution < 1.29 is 8.42 Å². The van der Waals surface area contributed by atoms with Crippen molar-refractivity contribution in [2.45, 2.75) is 44.6 Å². The molecule has 0 atom stereocenters. The molecule has 0 saturated carbocycles. The van der Waals surface area contributed by atoms with Crippen molar-refractivity contribution in [3.63, 3.8) is 0 Å². The van der Waals surface area contributed by atoms with Crippen LogP contribution in [0.5, 0.6) is 0 Å². The lowest BCUT2D eigenvalue weighted by Gasteiger charge is -2.19. The van der Waals surface area contributed by atoms with E-state index in [-0.39, 0.29) is 10.3 Å². The summed E-state index contributed by atoms with van der Waals surface area (Å²) >= 11 is 0. The topological polar surface area (TPSA) is 63.5 Å². The second kappa shape index (κ2) is 8.87. The number of aromatic nitrogens is 1. The van der Waals surface area contributed by atoms with E-state index in [1.165, 1.54) is 11.1 Å². The Bertz CT molecular complexity index is 1410. The first kappa shape index (κ1) is 22.8. The second-order valence-electron chi connectivity index (χ2n) is 9.35. The Morgan fingerprint density at radius 2 is 1.70 bits per heavy atom. The van der Waals surface area contributed by atoms with Crippen LogP contribution in [-0.2, 0) is 22.0 Å². The molecule has 6 heteroatoms. The highest BCUT2D eigenvalue weighted by atomic mass is 32.2. The van der Waals surface area contributed by atoms with Gasteiger partial charge in [0, 0.05) is 29.2 Å². The molecule has 0 fully saturated rings. The van der Waals surface area contributed by atoms with Crippen LogP contribution >= 0.6 is 0 Å². The van der Waals surface area contributed by atoms with E-state index >= 15 is 0 Å². The van der Waals surface area contributed by atoms with Gasteiger partial charge in [-0.1, -0.05) is 80.9 Å².